The van der Waals surface area contributed by atoms with Gasteiger partial charge in [-0.3, -0.25) is 9.59 Å². The Bertz CT molecular complexity index is 989. The number of benzene rings is 3. The van der Waals surface area contributed by atoms with Crippen LogP contribution in [0, 0.1) is 6.92 Å². The molecule has 0 heterocycles. The van der Waals surface area contributed by atoms with Crippen molar-refractivity contribution in [1.82, 2.24) is 0 Å². The average molecular weight is 425 g/mol. The number of amides is 2. The highest BCUT2D eigenvalue weighted by molar-refractivity contribution is 8.00. The maximum atomic E-state index is 12.3. The molecular weight excluding hydrogens is 404 g/mol. The summed E-state index contributed by atoms with van der Waals surface area (Å²) in [4.78, 5) is 25.3. The summed E-state index contributed by atoms with van der Waals surface area (Å²) < 4.78 is 0. The Balaban J connectivity index is 1.50. The van der Waals surface area contributed by atoms with E-state index in [-0.39, 0.29) is 24.0 Å². The summed E-state index contributed by atoms with van der Waals surface area (Å²) in [6.07, 6.45) is 0.271. The third kappa shape index (κ3) is 6.97. The van der Waals surface area contributed by atoms with Gasteiger partial charge in [-0.2, -0.15) is 0 Å². The van der Waals surface area contributed by atoms with Gasteiger partial charge in [-0.05, 0) is 55.0 Å². The molecule has 2 amide bonds. The molecular formula is C23H21ClN2O2S. The van der Waals surface area contributed by atoms with Gasteiger partial charge in [0.25, 0.3) is 0 Å². The first-order chi connectivity index (χ1) is 14.0. The van der Waals surface area contributed by atoms with Crippen molar-refractivity contribution in [3.63, 3.8) is 0 Å². The van der Waals surface area contributed by atoms with E-state index in [4.69, 9.17) is 11.6 Å². The van der Waals surface area contributed by atoms with Crippen molar-refractivity contribution in [2.24, 2.45) is 0 Å². The zero-order chi connectivity index (χ0) is 20.6. The van der Waals surface area contributed by atoms with Crippen molar-refractivity contribution in [2.45, 2.75) is 18.2 Å². The molecule has 3 rings (SSSR count). The Hall–Kier alpha value is -2.76. The van der Waals surface area contributed by atoms with Gasteiger partial charge in [0, 0.05) is 21.3 Å². The number of aryl methyl sites for hydroxylation is 1. The van der Waals surface area contributed by atoms with Crippen LogP contribution >= 0.6 is 23.4 Å². The zero-order valence-electron chi connectivity index (χ0n) is 15.9. The molecule has 0 aliphatic carbocycles. The minimum Gasteiger partial charge on any atom is -0.326 e. The Kier molecular flexibility index (Phi) is 7.33. The number of nitrogens with one attached hydrogen (secondary N) is 2. The van der Waals surface area contributed by atoms with E-state index in [9.17, 15) is 9.59 Å². The number of rotatable bonds is 7. The molecule has 3 aromatic rings. The predicted molar refractivity (Wildman–Crippen MR) is 121 cm³/mol. The molecule has 0 saturated heterocycles. The van der Waals surface area contributed by atoms with Crippen molar-refractivity contribution >= 4 is 46.6 Å². The summed E-state index contributed by atoms with van der Waals surface area (Å²) in [5, 5.41) is 6.41. The van der Waals surface area contributed by atoms with E-state index >= 15 is 0 Å². The molecule has 3 aromatic carbocycles. The highest BCUT2D eigenvalue weighted by atomic mass is 35.5. The molecule has 0 saturated carbocycles. The maximum absolute atomic E-state index is 12.3. The first kappa shape index (κ1) is 21.0. The van der Waals surface area contributed by atoms with E-state index in [1.54, 1.807) is 12.1 Å². The Morgan fingerprint density at radius 3 is 2.28 bits per heavy atom. The molecule has 29 heavy (non-hydrogen) atoms. The highest BCUT2D eigenvalue weighted by Crippen LogP contribution is 2.22. The van der Waals surface area contributed by atoms with E-state index in [2.05, 4.69) is 10.6 Å². The standard InChI is InChI=1S/C23H21ClN2O2S/c1-16-5-11-19(12-6-16)25-23(28)15-29-21-4-2-3-20(14-21)26-22(27)13-17-7-9-18(24)10-8-17/h2-12,14H,13,15H2,1H3,(H,25,28)(H,26,27). The zero-order valence-corrected chi connectivity index (χ0v) is 17.5. The lowest BCUT2D eigenvalue weighted by Crippen LogP contribution is -2.15. The van der Waals surface area contributed by atoms with E-state index in [1.807, 2.05) is 67.6 Å². The quantitative estimate of drug-likeness (QED) is 0.488. The first-order valence-corrected chi connectivity index (χ1v) is 10.5. The number of thioether (sulfide) groups is 1. The Labute approximate surface area is 179 Å². The second-order valence-corrected chi connectivity index (χ2v) is 8.07. The van der Waals surface area contributed by atoms with Gasteiger partial charge in [-0.15, -0.1) is 11.8 Å². The molecule has 0 fully saturated rings. The monoisotopic (exact) mass is 424 g/mol. The first-order valence-electron chi connectivity index (χ1n) is 9.11. The van der Waals surface area contributed by atoms with Crippen LogP contribution < -0.4 is 10.6 Å². The molecule has 0 radical (unpaired) electrons. The van der Waals surface area contributed by atoms with Crippen LogP contribution in [-0.4, -0.2) is 17.6 Å². The van der Waals surface area contributed by atoms with Crippen LogP contribution in [0.15, 0.2) is 77.7 Å². The summed E-state index contributed by atoms with van der Waals surface area (Å²) in [6.45, 7) is 2.00. The summed E-state index contributed by atoms with van der Waals surface area (Å²) in [6, 6.07) is 22.4. The summed E-state index contributed by atoms with van der Waals surface area (Å²) in [5.41, 5.74) is 3.52. The minimum absolute atomic E-state index is 0.0731. The van der Waals surface area contributed by atoms with Crippen molar-refractivity contribution < 1.29 is 9.59 Å². The molecule has 2 N–H and O–H groups in total. The van der Waals surface area contributed by atoms with E-state index in [0.29, 0.717) is 10.7 Å². The fourth-order valence-corrected chi connectivity index (χ4v) is 3.52. The van der Waals surface area contributed by atoms with Crippen LogP contribution in [0.5, 0.6) is 0 Å². The molecule has 0 aromatic heterocycles. The number of hydrogen-bond acceptors (Lipinski definition) is 3. The van der Waals surface area contributed by atoms with Gasteiger partial charge in [0.05, 0.1) is 12.2 Å². The lowest BCUT2D eigenvalue weighted by atomic mass is 10.1. The topological polar surface area (TPSA) is 58.2 Å². The number of carbonyl (C=O) groups excluding carboxylic acids is 2. The van der Waals surface area contributed by atoms with Crippen LogP contribution in [-0.2, 0) is 16.0 Å². The third-order valence-electron chi connectivity index (χ3n) is 4.10. The molecule has 0 spiro atoms. The Morgan fingerprint density at radius 2 is 1.55 bits per heavy atom. The number of anilines is 2. The lowest BCUT2D eigenvalue weighted by molar-refractivity contribution is -0.115. The summed E-state index contributed by atoms with van der Waals surface area (Å²) >= 11 is 7.29. The van der Waals surface area contributed by atoms with E-state index in [0.717, 1.165) is 21.7 Å². The fraction of sp³-hybridized carbons (Fsp3) is 0.130. The number of halogens is 1. The maximum Gasteiger partial charge on any atom is 0.234 e. The molecule has 0 aliphatic rings. The molecule has 0 aliphatic heterocycles. The number of carbonyl (C=O) groups is 2. The second kappa shape index (κ2) is 10.1. The molecule has 0 atom stereocenters. The minimum atomic E-state index is -0.105. The van der Waals surface area contributed by atoms with Crippen LogP contribution in [0.2, 0.25) is 5.02 Å². The van der Waals surface area contributed by atoms with E-state index < -0.39 is 0 Å². The molecule has 4 nitrogen and oxygen atoms in total. The van der Waals surface area contributed by atoms with Gasteiger partial charge in [-0.25, -0.2) is 0 Å². The Morgan fingerprint density at radius 1 is 0.862 bits per heavy atom. The van der Waals surface area contributed by atoms with Gasteiger partial charge in [0.15, 0.2) is 0 Å². The normalized spacial score (nSPS) is 10.4. The lowest BCUT2D eigenvalue weighted by Gasteiger charge is -2.08. The fourth-order valence-electron chi connectivity index (χ4n) is 2.64. The third-order valence-corrected chi connectivity index (χ3v) is 5.35. The van der Waals surface area contributed by atoms with Crippen LogP contribution in [0.4, 0.5) is 11.4 Å². The van der Waals surface area contributed by atoms with Gasteiger partial charge >= 0.3 is 0 Å². The largest absolute Gasteiger partial charge is 0.326 e. The van der Waals surface area contributed by atoms with Crippen molar-refractivity contribution in [3.8, 4) is 0 Å². The van der Waals surface area contributed by atoms with Gasteiger partial charge < -0.3 is 10.6 Å². The molecule has 148 valence electrons. The number of hydrogen-bond donors (Lipinski definition) is 2. The van der Waals surface area contributed by atoms with Crippen LogP contribution in [0.25, 0.3) is 0 Å². The van der Waals surface area contributed by atoms with Gasteiger partial charge in [-0.1, -0.05) is 47.5 Å². The van der Waals surface area contributed by atoms with E-state index in [1.165, 1.54) is 11.8 Å². The average Bonchev–Trinajstić information content (AvgIpc) is 2.70. The van der Waals surface area contributed by atoms with Crippen LogP contribution in [0.3, 0.4) is 0 Å². The molecule has 6 heteroatoms. The summed E-state index contributed by atoms with van der Waals surface area (Å²) in [5.74, 6) is 0.110. The SMILES string of the molecule is Cc1ccc(NC(=O)CSc2cccc(NC(=O)Cc3ccc(Cl)cc3)c2)cc1. The highest BCUT2D eigenvalue weighted by Gasteiger charge is 2.07. The van der Waals surface area contributed by atoms with Crippen molar-refractivity contribution in [1.29, 1.82) is 0 Å². The molecule has 0 bridgehead atoms. The van der Waals surface area contributed by atoms with Crippen molar-refractivity contribution in [2.75, 3.05) is 16.4 Å². The predicted octanol–water partition coefficient (Wildman–Crippen LogP) is 5.56. The van der Waals surface area contributed by atoms with Crippen LogP contribution in [0.1, 0.15) is 11.1 Å². The summed E-state index contributed by atoms with van der Waals surface area (Å²) in [7, 11) is 0. The van der Waals surface area contributed by atoms with Crippen molar-refractivity contribution in [3.05, 3.63) is 88.9 Å². The smallest absolute Gasteiger partial charge is 0.234 e. The van der Waals surface area contributed by atoms with Gasteiger partial charge in [0.2, 0.25) is 11.8 Å². The van der Waals surface area contributed by atoms with Gasteiger partial charge in [0.1, 0.15) is 0 Å². The second-order valence-electron chi connectivity index (χ2n) is 6.58. The molecule has 0 unspecified atom stereocenters.